The van der Waals surface area contributed by atoms with Crippen molar-refractivity contribution in [2.45, 2.75) is 32.2 Å². The van der Waals surface area contributed by atoms with Crippen LogP contribution in [0.2, 0.25) is 0 Å². The largest absolute Gasteiger partial charge is 0.344 e. The zero-order valence-electron chi connectivity index (χ0n) is 14.6. The fourth-order valence-corrected chi connectivity index (χ4v) is 3.51. The Bertz CT molecular complexity index is 932. The minimum atomic E-state index is -0.285. The molecule has 0 bridgehead atoms. The monoisotopic (exact) mass is 349 g/mol. The molecule has 1 heterocycles. The summed E-state index contributed by atoms with van der Waals surface area (Å²) in [4.78, 5) is 12.8. The van der Waals surface area contributed by atoms with Crippen LogP contribution < -0.4 is 5.32 Å². The first-order valence-electron chi connectivity index (χ1n) is 8.86. The van der Waals surface area contributed by atoms with Gasteiger partial charge < -0.3 is 5.32 Å². The number of hydrogen-bond donors (Lipinski definition) is 1. The van der Waals surface area contributed by atoms with E-state index in [9.17, 15) is 9.18 Å². The zero-order chi connectivity index (χ0) is 18.1. The molecule has 0 aliphatic heterocycles. The molecule has 2 aromatic carbocycles. The molecule has 1 atom stereocenters. The van der Waals surface area contributed by atoms with Crippen molar-refractivity contribution in [2.75, 3.05) is 0 Å². The van der Waals surface area contributed by atoms with Gasteiger partial charge >= 0.3 is 0 Å². The second kappa shape index (κ2) is 6.75. The van der Waals surface area contributed by atoms with E-state index in [4.69, 9.17) is 0 Å². The summed E-state index contributed by atoms with van der Waals surface area (Å²) in [5.41, 5.74) is 4.36. The van der Waals surface area contributed by atoms with Crippen LogP contribution in [0.1, 0.15) is 46.7 Å². The van der Waals surface area contributed by atoms with Crippen molar-refractivity contribution in [2.24, 2.45) is 0 Å². The van der Waals surface area contributed by atoms with E-state index < -0.39 is 0 Å². The lowest BCUT2D eigenvalue weighted by Crippen LogP contribution is -2.27. The smallest absolute Gasteiger partial charge is 0.272 e. The third-order valence-corrected chi connectivity index (χ3v) is 4.86. The molecule has 0 saturated heterocycles. The minimum Gasteiger partial charge on any atom is -0.344 e. The van der Waals surface area contributed by atoms with E-state index in [0.29, 0.717) is 5.69 Å². The Labute approximate surface area is 151 Å². The Morgan fingerprint density at radius 1 is 1.12 bits per heavy atom. The van der Waals surface area contributed by atoms with E-state index in [1.165, 1.54) is 12.1 Å². The predicted molar refractivity (Wildman–Crippen MR) is 97.9 cm³/mol. The number of carbonyl (C=O) groups excluding carboxylic acids is 1. The molecule has 132 valence electrons. The molecule has 1 aliphatic rings. The summed E-state index contributed by atoms with van der Waals surface area (Å²) in [6, 6.07) is 16.0. The highest BCUT2D eigenvalue weighted by Crippen LogP contribution is 2.28. The summed E-state index contributed by atoms with van der Waals surface area (Å²) in [5, 5.41) is 7.60. The summed E-state index contributed by atoms with van der Waals surface area (Å²) < 4.78 is 15.0. The van der Waals surface area contributed by atoms with Gasteiger partial charge in [0.1, 0.15) is 5.82 Å². The molecule has 4 rings (SSSR count). The summed E-state index contributed by atoms with van der Waals surface area (Å²) in [6.07, 6.45) is 2.73. The highest BCUT2D eigenvalue weighted by atomic mass is 19.1. The summed E-state index contributed by atoms with van der Waals surface area (Å²) >= 11 is 0. The van der Waals surface area contributed by atoms with Crippen molar-refractivity contribution in [1.29, 1.82) is 0 Å². The second-order valence-electron chi connectivity index (χ2n) is 6.62. The Kier molecular flexibility index (Phi) is 4.29. The van der Waals surface area contributed by atoms with Crippen molar-refractivity contribution in [3.8, 4) is 5.69 Å². The maximum absolute atomic E-state index is 13.2. The molecule has 3 aromatic rings. The van der Waals surface area contributed by atoms with Gasteiger partial charge in [-0.3, -0.25) is 4.79 Å². The van der Waals surface area contributed by atoms with E-state index >= 15 is 0 Å². The number of benzene rings is 2. The van der Waals surface area contributed by atoms with Crippen molar-refractivity contribution < 1.29 is 9.18 Å². The van der Waals surface area contributed by atoms with E-state index in [1.807, 2.05) is 37.3 Å². The highest BCUT2D eigenvalue weighted by Gasteiger charge is 2.27. The molecule has 0 fully saturated rings. The van der Waals surface area contributed by atoms with Gasteiger partial charge in [0, 0.05) is 11.3 Å². The van der Waals surface area contributed by atoms with Crippen molar-refractivity contribution in [1.82, 2.24) is 15.1 Å². The van der Waals surface area contributed by atoms with E-state index in [0.717, 1.165) is 41.8 Å². The molecule has 1 aliphatic carbocycles. The fourth-order valence-electron chi connectivity index (χ4n) is 3.51. The Balaban J connectivity index is 1.64. The highest BCUT2D eigenvalue weighted by molar-refractivity contribution is 5.94. The van der Waals surface area contributed by atoms with Gasteiger partial charge in [0.25, 0.3) is 5.91 Å². The summed E-state index contributed by atoms with van der Waals surface area (Å²) in [6.45, 7) is 1.96. The number of hydrogen-bond acceptors (Lipinski definition) is 2. The first-order chi connectivity index (χ1) is 12.6. The van der Waals surface area contributed by atoms with Crippen LogP contribution >= 0.6 is 0 Å². The molecule has 26 heavy (non-hydrogen) atoms. The molecule has 5 heteroatoms. The van der Waals surface area contributed by atoms with Crippen LogP contribution in [0, 0.1) is 5.82 Å². The van der Waals surface area contributed by atoms with Crippen LogP contribution in [0.25, 0.3) is 5.69 Å². The summed E-state index contributed by atoms with van der Waals surface area (Å²) in [5.74, 6) is -0.451. The van der Waals surface area contributed by atoms with Crippen LogP contribution in [-0.2, 0) is 12.8 Å². The average molecular weight is 349 g/mol. The van der Waals surface area contributed by atoms with Gasteiger partial charge in [0.05, 0.1) is 11.7 Å². The Morgan fingerprint density at radius 3 is 2.58 bits per heavy atom. The van der Waals surface area contributed by atoms with Gasteiger partial charge in [0.15, 0.2) is 5.69 Å². The predicted octanol–water partition coefficient (Wildman–Crippen LogP) is 3.99. The van der Waals surface area contributed by atoms with Crippen LogP contribution in [0.4, 0.5) is 4.39 Å². The maximum atomic E-state index is 13.2. The first-order valence-corrected chi connectivity index (χ1v) is 8.86. The maximum Gasteiger partial charge on any atom is 0.272 e. The lowest BCUT2D eigenvalue weighted by atomic mass is 10.1. The number of amides is 1. The standard InChI is InChI=1S/C21H20FN3O/c1-14(15-6-3-2-4-7-15)23-21(26)20-18-8-5-9-19(18)25(24-20)17-12-10-16(22)11-13-17/h2-4,6-7,10-14H,5,8-9H2,1H3,(H,23,26). The third kappa shape index (κ3) is 3.01. The molecule has 4 nitrogen and oxygen atoms in total. The molecule has 1 aromatic heterocycles. The number of carbonyl (C=O) groups is 1. The van der Waals surface area contributed by atoms with Gasteiger partial charge in [-0.05, 0) is 56.0 Å². The van der Waals surface area contributed by atoms with E-state index in [-0.39, 0.29) is 17.8 Å². The van der Waals surface area contributed by atoms with Gasteiger partial charge in [-0.2, -0.15) is 5.10 Å². The molecule has 0 saturated carbocycles. The number of halogens is 1. The fraction of sp³-hybridized carbons (Fsp3) is 0.238. The molecule has 0 radical (unpaired) electrons. The molecule has 0 spiro atoms. The van der Waals surface area contributed by atoms with Crippen molar-refractivity contribution in [3.05, 3.63) is 82.9 Å². The number of fused-ring (bicyclic) bond motifs is 1. The lowest BCUT2D eigenvalue weighted by molar-refractivity contribution is 0.0933. The van der Waals surface area contributed by atoms with Gasteiger partial charge in [-0.25, -0.2) is 9.07 Å². The molecule has 1 N–H and O–H groups in total. The van der Waals surface area contributed by atoms with Gasteiger partial charge in [0.2, 0.25) is 0 Å². The van der Waals surface area contributed by atoms with Crippen molar-refractivity contribution in [3.63, 3.8) is 0 Å². The normalized spacial score (nSPS) is 14.1. The lowest BCUT2D eigenvalue weighted by Gasteiger charge is -2.13. The van der Waals surface area contributed by atoms with Crippen LogP contribution in [0.15, 0.2) is 54.6 Å². The summed E-state index contributed by atoms with van der Waals surface area (Å²) in [7, 11) is 0. The van der Waals surface area contributed by atoms with Gasteiger partial charge in [-0.15, -0.1) is 0 Å². The SMILES string of the molecule is CC(NC(=O)c1nn(-c2ccc(F)cc2)c2c1CCC2)c1ccccc1. The minimum absolute atomic E-state index is 0.100. The number of rotatable bonds is 4. The Hall–Kier alpha value is -2.95. The number of aromatic nitrogens is 2. The Morgan fingerprint density at radius 2 is 1.85 bits per heavy atom. The quantitative estimate of drug-likeness (QED) is 0.774. The topological polar surface area (TPSA) is 46.9 Å². The molecular formula is C21H20FN3O. The van der Waals surface area contributed by atoms with Crippen molar-refractivity contribution >= 4 is 5.91 Å². The van der Waals surface area contributed by atoms with Crippen LogP contribution in [0.5, 0.6) is 0 Å². The van der Waals surface area contributed by atoms with Crippen LogP contribution in [0.3, 0.4) is 0 Å². The molecule has 1 unspecified atom stereocenters. The number of nitrogens with zero attached hydrogens (tertiary/aromatic N) is 2. The van der Waals surface area contributed by atoms with E-state index in [2.05, 4.69) is 10.4 Å². The average Bonchev–Trinajstić information content (AvgIpc) is 3.26. The number of nitrogens with one attached hydrogen (secondary N) is 1. The third-order valence-electron chi connectivity index (χ3n) is 4.86. The zero-order valence-corrected chi connectivity index (χ0v) is 14.6. The molecule has 1 amide bonds. The van der Waals surface area contributed by atoms with E-state index in [1.54, 1.807) is 16.8 Å². The molecular weight excluding hydrogens is 329 g/mol. The first kappa shape index (κ1) is 16.5. The van der Waals surface area contributed by atoms with Crippen LogP contribution in [-0.4, -0.2) is 15.7 Å². The second-order valence-corrected chi connectivity index (χ2v) is 6.62. The van der Waals surface area contributed by atoms with Gasteiger partial charge in [-0.1, -0.05) is 30.3 Å².